The van der Waals surface area contributed by atoms with Crippen LogP contribution in [0.5, 0.6) is 17.2 Å². The molecule has 0 N–H and O–H groups in total. The molecular formula is C24H29NO6S. The van der Waals surface area contributed by atoms with Crippen molar-refractivity contribution < 1.29 is 27.4 Å². The lowest BCUT2D eigenvalue weighted by molar-refractivity contribution is -0.125. The number of fused-ring (bicyclic) bond motifs is 1. The highest BCUT2D eigenvalue weighted by molar-refractivity contribution is 7.90. The predicted molar refractivity (Wildman–Crippen MR) is 121 cm³/mol. The monoisotopic (exact) mass is 459 g/mol. The van der Waals surface area contributed by atoms with Gasteiger partial charge in [-0.2, -0.15) is 0 Å². The van der Waals surface area contributed by atoms with Gasteiger partial charge in [-0.05, 0) is 67.6 Å². The van der Waals surface area contributed by atoms with Crippen LogP contribution in [-0.2, 0) is 26.8 Å². The van der Waals surface area contributed by atoms with E-state index >= 15 is 0 Å². The molecule has 2 aromatic rings. The van der Waals surface area contributed by atoms with Crippen molar-refractivity contribution in [3.8, 4) is 17.2 Å². The van der Waals surface area contributed by atoms with Gasteiger partial charge in [0, 0.05) is 17.6 Å². The van der Waals surface area contributed by atoms with Crippen molar-refractivity contribution in [3.63, 3.8) is 0 Å². The van der Waals surface area contributed by atoms with E-state index in [0.717, 1.165) is 30.5 Å². The zero-order valence-corrected chi connectivity index (χ0v) is 19.7. The molecule has 172 valence electrons. The molecule has 1 aliphatic heterocycles. The summed E-state index contributed by atoms with van der Waals surface area (Å²) >= 11 is 0. The van der Waals surface area contributed by atoms with Crippen LogP contribution in [0.3, 0.4) is 0 Å². The maximum Gasteiger partial charge on any atom is 0.230 e. The second kappa shape index (κ2) is 8.65. The van der Waals surface area contributed by atoms with Gasteiger partial charge in [0.05, 0.1) is 32.0 Å². The fourth-order valence-electron chi connectivity index (χ4n) is 4.51. The number of rotatable bonds is 7. The van der Waals surface area contributed by atoms with Crippen molar-refractivity contribution in [1.82, 2.24) is 0 Å². The summed E-state index contributed by atoms with van der Waals surface area (Å²) in [7, 11) is 0.864. The van der Waals surface area contributed by atoms with E-state index in [2.05, 4.69) is 0 Å². The molecule has 8 heteroatoms. The molecule has 7 nitrogen and oxygen atoms in total. The van der Waals surface area contributed by atoms with Gasteiger partial charge in [-0.25, -0.2) is 8.42 Å². The minimum Gasteiger partial charge on any atom is -0.493 e. The summed E-state index contributed by atoms with van der Waals surface area (Å²) in [4.78, 5) is 15.0. The van der Waals surface area contributed by atoms with E-state index in [-0.39, 0.29) is 28.5 Å². The van der Waals surface area contributed by atoms with E-state index in [4.69, 9.17) is 14.2 Å². The van der Waals surface area contributed by atoms with Crippen LogP contribution in [0.25, 0.3) is 0 Å². The number of hydrogen-bond donors (Lipinski definition) is 0. The molecule has 1 atom stereocenters. The Morgan fingerprint density at radius 3 is 2.22 bits per heavy atom. The van der Waals surface area contributed by atoms with Gasteiger partial charge in [0.2, 0.25) is 11.7 Å². The molecule has 1 heterocycles. The molecule has 2 aliphatic rings. The Hall–Kier alpha value is -2.74. The molecule has 2 aromatic carbocycles. The van der Waals surface area contributed by atoms with E-state index in [1.165, 1.54) is 21.3 Å². The molecule has 1 saturated carbocycles. The van der Waals surface area contributed by atoms with Gasteiger partial charge in [-0.15, -0.1) is 0 Å². The molecule has 1 amide bonds. The van der Waals surface area contributed by atoms with Crippen LogP contribution in [0.1, 0.15) is 37.3 Å². The number of ether oxygens (including phenoxy) is 3. The number of hydrogen-bond acceptors (Lipinski definition) is 6. The molecule has 0 radical (unpaired) electrons. The fourth-order valence-corrected chi connectivity index (χ4v) is 5.88. The maximum atomic E-state index is 13.2. The molecule has 0 spiro atoms. The van der Waals surface area contributed by atoms with Crippen LogP contribution in [-0.4, -0.2) is 41.7 Å². The zero-order chi connectivity index (χ0) is 23.0. The van der Waals surface area contributed by atoms with Crippen molar-refractivity contribution in [3.05, 3.63) is 41.5 Å². The Bertz CT molecular complexity index is 1110. The summed E-state index contributed by atoms with van der Waals surface area (Å²) in [6.45, 7) is 2.01. The Morgan fingerprint density at radius 2 is 1.69 bits per heavy atom. The lowest BCUT2D eigenvalue weighted by atomic mass is 9.84. The number of carbonyl (C=O) groups is 1. The number of carbonyl (C=O) groups excluding carboxylic acids is 1. The Balaban J connectivity index is 1.62. The van der Waals surface area contributed by atoms with Crippen molar-refractivity contribution in [2.24, 2.45) is 5.92 Å². The first-order valence-electron chi connectivity index (χ1n) is 10.8. The second-order valence-electron chi connectivity index (χ2n) is 8.47. The Morgan fingerprint density at radius 1 is 1.03 bits per heavy atom. The van der Waals surface area contributed by atoms with Gasteiger partial charge in [0.15, 0.2) is 21.3 Å². The highest BCUT2D eigenvalue weighted by Crippen LogP contribution is 2.40. The van der Waals surface area contributed by atoms with Crippen molar-refractivity contribution >= 4 is 21.4 Å². The first kappa shape index (κ1) is 22.5. The molecule has 32 heavy (non-hydrogen) atoms. The van der Waals surface area contributed by atoms with Gasteiger partial charge in [0.25, 0.3) is 0 Å². The Kier molecular flexibility index (Phi) is 6.07. The SMILES string of the molecule is COc1cc(CS(=O)(=O)c2ccc3c(c2)CC(C)N3C(=O)C2CCC2)cc(OC)c1OC. The van der Waals surface area contributed by atoms with Crippen LogP contribution in [0.4, 0.5) is 5.69 Å². The maximum absolute atomic E-state index is 13.2. The minimum absolute atomic E-state index is 0.0335. The average molecular weight is 460 g/mol. The minimum atomic E-state index is -3.62. The highest BCUT2D eigenvalue weighted by atomic mass is 32.2. The molecule has 1 unspecified atom stereocenters. The lowest BCUT2D eigenvalue weighted by Crippen LogP contribution is -2.42. The summed E-state index contributed by atoms with van der Waals surface area (Å²) in [6, 6.07) is 8.42. The second-order valence-corrected chi connectivity index (χ2v) is 10.5. The van der Waals surface area contributed by atoms with Gasteiger partial charge < -0.3 is 19.1 Å². The third-order valence-electron chi connectivity index (χ3n) is 6.40. The Labute approximate surface area is 189 Å². The quantitative estimate of drug-likeness (QED) is 0.627. The highest BCUT2D eigenvalue weighted by Gasteiger charge is 2.37. The molecule has 0 aromatic heterocycles. The molecule has 0 saturated heterocycles. The van der Waals surface area contributed by atoms with Crippen LogP contribution in [0.15, 0.2) is 35.2 Å². The topological polar surface area (TPSA) is 82.1 Å². The largest absolute Gasteiger partial charge is 0.493 e. The normalized spacial score (nSPS) is 18.1. The van der Waals surface area contributed by atoms with Gasteiger partial charge in [-0.3, -0.25) is 4.79 Å². The lowest BCUT2D eigenvalue weighted by Gasteiger charge is -2.32. The molecule has 1 fully saturated rings. The number of benzene rings is 2. The first-order valence-corrected chi connectivity index (χ1v) is 12.4. The van der Waals surface area contributed by atoms with Crippen LogP contribution >= 0.6 is 0 Å². The number of sulfone groups is 1. The van der Waals surface area contributed by atoms with Gasteiger partial charge in [-0.1, -0.05) is 6.42 Å². The van der Waals surface area contributed by atoms with Crippen molar-refractivity contribution in [1.29, 1.82) is 0 Å². The standard InChI is InChI=1S/C24H29NO6S/c1-15-10-18-13-19(8-9-20(18)25(15)24(26)17-6-5-7-17)32(27,28)14-16-11-21(29-2)23(31-4)22(12-16)30-3/h8-9,11-13,15,17H,5-7,10,14H2,1-4H3. The fraction of sp³-hybridized carbons (Fsp3) is 0.458. The predicted octanol–water partition coefficient (Wildman–Crippen LogP) is 3.76. The average Bonchev–Trinajstić information content (AvgIpc) is 3.06. The zero-order valence-electron chi connectivity index (χ0n) is 18.9. The molecule has 1 aliphatic carbocycles. The summed E-state index contributed by atoms with van der Waals surface area (Å²) in [5, 5.41) is 0. The van der Waals surface area contributed by atoms with Crippen molar-refractivity contribution in [2.45, 2.75) is 49.3 Å². The third kappa shape index (κ3) is 3.92. The first-order chi connectivity index (χ1) is 15.3. The summed E-state index contributed by atoms with van der Waals surface area (Å²) in [6.07, 6.45) is 3.64. The number of nitrogens with zero attached hydrogens (tertiary/aromatic N) is 1. The molecule has 4 rings (SSSR count). The van der Waals surface area contributed by atoms with Crippen LogP contribution in [0.2, 0.25) is 0 Å². The van der Waals surface area contributed by atoms with E-state index in [1.54, 1.807) is 30.3 Å². The summed E-state index contributed by atoms with van der Waals surface area (Å²) in [5.74, 6) is 1.29. The summed E-state index contributed by atoms with van der Waals surface area (Å²) < 4.78 is 42.4. The van der Waals surface area contributed by atoms with E-state index in [9.17, 15) is 13.2 Å². The smallest absolute Gasteiger partial charge is 0.230 e. The van der Waals surface area contributed by atoms with Crippen LogP contribution < -0.4 is 19.1 Å². The van der Waals surface area contributed by atoms with E-state index in [1.807, 2.05) is 11.8 Å². The number of amides is 1. The van der Waals surface area contributed by atoms with E-state index < -0.39 is 9.84 Å². The number of anilines is 1. The van der Waals surface area contributed by atoms with Gasteiger partial charge >= 0.3 is 0 Å². The van der Waals surface area contributed by atoms with Crippen LogP contribution in [0, 0.1) is 5.92 Å². The molecular weight excluding hydrogens is 430 g/mol. The molecule has 0 bridgehead atoms. The van der Waals surface area contributed by atoms with E-state index in [0.29, 0.717) is 29.2 Å². The van der Waals surface area contributed by atoms with Crippen molar-refractivity contribution in [2.75, 3.05) is 26.2 Å². The summed E-state index contributed by atoms with van der Waals surface area (Å²) in [5.41, 5.74) is 2.27. The van der Waals surface area contributed by atoms with Gasteiger partial charge in [0.1, 0.15) is 0 Å². The number of methoxy groups -OCH3 is 3. The third-order valence-corrected chi connectivity index (χ3v) is 8.08.